The minimum absolute atomic E-state index is 0.220. The fourth-order valence-corrected chi connectivity index (χ4v) is 4.53. The van der Waals surface area contributed by atoms with Crippen molar-refractivity contribution in [2.45, 2.75) is 25.9 Å². The fraction of sp³-hybridized carbons (Fsp3) is 0.500. The van der Waals surface area contributed by atoms with Crippen molar-refractivity contribution in [2.75, 3.05) is 24.7 Å². The van der Waals surface area contributed by atoms with E-state index in [2.05, 4.69) is 0 Å². The van der Waals surface area contributed by atoms with Crippen LogP contribution in [0, 0.1) is 0 Å². The molecule has 7 heteroatoms. The molecule has 0 N–H and O–H groups in total. The van der Waals surface area contributed by atoms with Crippen LogP contribution in [0.25, 0.3) is 0 Å². The van der Waals surface area contributed by atoms with Gasteiger partial charge in [0.1, 0.15) is 5.66 Å². The summed E-state index contributed by atoms with van der Waals surface area (Å²) in [6.45, 7) is 4.48. The summed E-state index contributed by atoms with van der Waals surface area (Å²) in [6, 6.07) is 6.99. The largest absolute Gasteiger partial charge is 0.343 e. The first-order valence-electron chi connectivity index (χ1n) is 6.97. The van der Waals surface area contributed by atoms with Crippen molar-refractivity contribution in [1.29, 1.82) is 0 Å². The van der Waals surface area contributed by atoms with E-state index in [9.17, 15) is 9.36 Å². The van der Waals surface area contributed by atoms with Gasteiger partial charge >= 0.3 is 7.60 Å². The second-order valence-corrected chi connectivity index (χ2v) is 7.30. The van der Waals surface area contributed by atoms with Gasteiger partial charge in [0, 0.05) is 17.3 Å². The maximum atomic E-state index is 12.7. The summed E-state index contributed by atoms with van der Waals surface area (Å²) in [5.74, 6) is -0.220. The third-order valence-corrected chi connectivity index (χ3v) is 6.05. The van der Waals surface area contributed by atoms with Gasteiger partial charge in [-0.15, -0.1) is 0 Å². The van der Waals surface area contributed by atoms with Crippen LogP contribution in [-0.4, -0.2) is 31.3 Å². The number of hydrogen-bond acceptors (Lipinski definition) is 4. The zero-order chi connectivity index (χ0) is 15.5. The SMILES string of the molecule is CCOP(=O)(OCC)C1CCN(c2ccc(Cl)cc2)C1=O. The van der Waals surface area contributed by atoms with Gasteiger partial charge in [0.15, 0.2) is 0 Å². The van der Waals surface area contributed by atoms with Crippen molar-refractivity contribution in [3.8, 4) is 0 Å². The maximum absolute atomic E-state index is 12.7. The Kier molecular flexibility index (Phi) is 5.44. The Morgan fingerprint density at radius 3 is 2.33 bits per heavy atom. The van der Waals surface area contributed by atoms with Crippen LogP contribution in [0.15, 0.2) is 24.3 Å². The van der Waals surface area contributed by atoms with Gasteiger partial charge in [-0.1, -0.05) is 11.6 Å². The van der Waals surface area contributed by atoms with Gasteiger partial charge < -0.3 is 13.9 Å². The van der Waals surface area contributed by atoms with Crippen LogP contribution in [0.2, 0.25) is 5.02 Å². The molecule has 1 unspecified atom stereocenters. The second-order valence-electron chi connectivity index (χ2n) is 4.65. The molecular formula is C14H19ClNO4P. The molecule has 0 aromatic heterocycles. The predicted molar refractivity (Wildman–Crippen MR) is 83.1 cm³/mol. The average Bonchev–Trinajstić information content (AvgIpc) is 2.83. The highest BCUT2D eigenvalue weighted by Crippen LogP contribution is 2.56. The minimum atomic E-state index is -3.41. The van der Waals surface area contributed by atoms with Crippen LogP contribution in [-0.2, 0) is 18.4 Å². The summed E-state index contributed by atoms with van der Waals surface area (Å²) >= 11 is 5.85. The molecule has 1 atom stereocenters. The van der Waals surface area contributed by atoms with Crippen LogP contribution in [0.5, 0.6) is 0 Å². The highest BCUT2D eigenvalue weighted by molar-refractivity contribution is 7.55. The smallest absolute Gasteiger partial charge is 0.312 e. The molecule has 116 valence electrons. The number of rotatable bonds is 6. The van der Waals surface area contributed by atoms with Crippen molar-refractivity contribution in [3.63, 3.8) is 0 Å². The molecule has 1 aliphatic rings. The lowest BCUT2D eigenvalue weighted by molar-refractivity contribution is -0.117. The lowest BCUT2D eigenvalue weighted by Crippen LogP contribution is -2.30. The van der Waals surface area contributed by atoms with E-state index in [-0.39, 0.29) is 19.1 Å². The summed E-state index contributed by atoms with van der Waals surface area (Å²) in [5, 5.41) is 0.608. The molecule has 0 bridgehead atoms. The first-order chi connectivity index (χ1) is 10.0. The Balaban J connectivity index is 2.20. The predicted octanol–water partition coefficient (Wildman–Crippen LogP) is 3.71. The van der Waals surface area contributed by atoms with E-state index in [4.69, 9.17) is 20.6 Å². The Morgan fingerprint density at radius 1 is 1.24 bits per heavy atom. The average molecular weight is 332 g/mol. The van der Waals surface area contributed by atoms with Crippen LogP contribution in [0.4, 0.5) is 5.69 Å². The van der Waals surface area contributed by atoms with Crippen molar-refractivity contribution in [3.05, 3.63) is 29.3 Å². The number of halogens is 1. The van der Waals surface area contributed by atoms with Crippen LogP contribution < -0.4 is 4.90 Å². The summed E-state index contributed by atoms with van der Waals surface area (Å²) in [7, 11) is -3.41. The van der Waals surface area contributed by atoms with Crippen LogP contribution >= 0.6 is 19.2 Å². The van der Waals surface area contributed by atoms with Gasteiger partial charge in [-0.05, 0) is 44.5 Å². The summed E-state index contributed by atoms with van der Waals surface area (Å²) < 4.78 is 23.3. The molecule has 1 amide bonds. The van der Waals surface area contributed by atoms with Gasteiger partial charge in [0.05, 0.1) is 13.2 Å². The zero-order valence-corrected chi connectivity index (χ0v) is 13.8. The molecule has 1 aromatic rings. The van der Waals surface area contributed by atoms with E-state index >= 15 is 0 Å². The van der Waals surface area contributed by atoms with Crippen molar-refractivity contribution < 1.29 is 18.4 Å². The highest BCUT2D eigenvalue weighted by Gasteiger charge is 2.47. The van der Waals surface area contributed by atoms with E-state index in [1.165, 1.54) is 0 Å². The molecule has 1 aliphatic heterocycles. The number of anilines is 1. The van der Waals surface area contributed by atoms with E-state index < -0.39 is 13.3 Å². The van der Waals surface area contributed by atoms with Crippen LogP contribution in [0.3, 0.4) is 0 Å². The fourth-order valence-electron chi connectivity index (χ4n) is 2.41. The molecular weight excluding hydrogens is 313 g/mol. The molecule has 0 aliphatic carbocycles. The number of hydrogen-bond donors (Lipinski definition) is 0. The van der Waals surface area contributed by atoms with E-state index in [0.717, 1.165) is 5.69 Å². The Hall–Kier alpha value is -0.870. The Morgan fingerprint density at radius 2 is 1.81 bits per heavy atom. The summed E-state index contributed by atoms with van der Waals surface area (Å²) in [5.41, 5.74) is 0.0134. The number of amides is 1. The van der Waals surface area contributed by atoms with Crippen molar-refractivity contribution >= 4 is 30.8 Å². The van der Waals surface area contributed by atoms with Gasteiger partial charge in [-0.25, -0.2) is 0 Å². The molecule has 0 saturated carbocycles. The topological polar surface area (TPSA) is 55.8 Å². The number of carbonyl (C=O) groups excluding carboxylic acids is 1. The molecule has 1 saturated heterocycles. The third-order valence-electron chi connectivity index (χ3n) is 3.32. The first kappa shape index (κ1) is 16.5. The highest BCUT2D eigenvalue weighted by atomic mass is 35.5. The number of carbonyl (C=O) groups is 1. The van der Waals surface area contributed by atoms with Gasteiger partial charge in [-0.2, -0.15) is 0 Å². The van der Waals surface area contributed by atoms with Gasteiger partial charge in [0.2, 0.25) is 5.91 Å². The molecule has 1 aromatic carbocycles. The standard InChI is InChI=1S/C14H19ClNO4P/c1-3-19-21(18,20-4-2)13-9-10-16(14(13)17)12-7-5-11(15)6-8-12/h5-8,13H,3-4,9-10H2,1-2H3. The number of benzene rings is 1. The lowest BCUT2D eigenvalue weighted by Gasteiger charge is -2.22. The van der Waals surface area contributed by atoms with Crippen LogP contribution in [0.1, 0.15) is 20.3 Å². The Labute approximate surface area is 129 Å². The normalized spacial score (nSPS) is 19.3. The molecule has 0 spiro atoms. The Bertz CT molecular complexity index is 538. The molecule has 2 rings (SSSR count). The van der Waals surface area contributed by atoms with Crippen molar-refractivity contribution in [2.24, 2.45) is 0 Å². The van der Waals surface area contributed by atoms with Gasteiger partial charge in [-0.3, -0.25) is 9.36 Å². The monoisotopic (exact) mass is 331 g/mol. The zero-order valence-electron chi connectivity index (χ0n) is 12.1. The molecule has 1 fully saturated rings. The van der Waals surface area contributed by atoms with E-state index in [1.54, 1.807) is 43.0 Å². The molecule has 1 heterocycles. The lowest BCUT2D eigenvalue weighted by atomic mass is 10.3. The maximum Gasteiger partial charge on any atom is 0.343 e. The van der Waals surface area contributed by atoms with Crippen molar-refractivity contribution in [1.82, 2.24) is 0 Å². The minimum Gasteiger partial charge on any atom is -0.312 e. The quantitative estimate of drug-likeness (QED) is 0.746. The molecule has 0 radical (unpaired) electrons. The molecule has 5 nitrogen and oxygen atoms in total. The summed E-state index contributed by atoms with van der Waals surface area (Å²) in [6.07, 6.45) is 0.457. The van der Waals surface area contributed by atoms with Gasteiger partial charge in [0.25, 0.3) is 0 Å². The molecule has 21 heavy (non-hydrogen) atoms. The van der Waals surface area contributed by atoms with E-state index in [1.807, 2.05) is 0 Å². The summed E-state index contributed by atoms with van der Waals surface area (Å²) in [4.78, 5) is 14.2. The van der Waals surface area contributed by atoms with E-state index in [0.29, 0.717) is 18.0 Å². The first-order valence-corrected chi connectivity index (χ1v) is 8.96. The third kappa shape index (κ3) is 3.49. The number of nitrogens with zero attached hydrogens (tertiary/aromatic N) is 1. The second kappa shape index (κ2) is 6.93.